The first-order chi connectivity index (χ1) is 9.81. The summed E-state index contributed by atoms with van der Waals surface area (Å²) in [6.07, 6.45) is -4.71. The molecule has 1 heterocycles. The molecule has 0 aliphatic carbocycles. The van der Waals surface area contributed by atoms with Gasteiger partial charge in [-0.3, -0.25) is 0 Å². The van der Waals surface area contributed by atoms with E-state index in [4.69, 9.17) is 16.9 Å². The third-order valence-electron chi connectivity index (χ3n) is 2.84. The number of rotatable bonds is 2. The highest BCUT2D eigenvalue weighted by Crippen LogP contribution is 2.43. The van der Waals surface area contributed by atoms with E-state index in [-0.39, 0.29) is 11.3 Å². The third kappa shape index (κ3) is 2.79. The number of aromatic nitrogens is 1. The number of benzene rings is 1. The van der Waals surface area contributed by atoms with E-state index in [2.05, 4.69) is 15.9 Å². The summed E-state index contributed by atoms with van der Waals surface area (Å²) in [7, 11) is 0. The first-order valence-corrected chi connectivity index (χ1v) is 6.74. The lowest BCUT2D eigenvalue weighted by atomic mass is 10.1. The summed E-state index contributed by atoms with van der Waals surface area (Å²) >= 11 is 8.55. The molecule has 8 heteroatoms. The van der Waals surface area contributed by atoms with Crippen molar-refractivity contribution in [2.24, 2.45) is 0 Å². The molecule has 0 aliphatic heterocycles. The van der Waals surface area contributed by atoms with Crippen LogP contribution in [0, 0.1) is 11.3 Å². The van der Waals surface area contributed by atoms with Gasteiger partial charge in [0.1, 0.15) is 18.5 Å². The van der Waals surface area contributed by atoms with E-state index in [0.29, 0.717) is 15.2 Å². The van der Waals surface area contributed by atoms with Crippen molar-refractivity contribution in [3.05, 3.63) is 45.0 Å². The summed E-state index contributed by atoms with van der Waals surface area (Å²) in [5.41, 5.74) is -0.970. The summed E-state index contributed by atoms with van der Waals surface area (Å²) in [4.78, 5) is 0. The second-order valence-corrected chi connectivity index (χ2v) is 5.30. The Hall–Kier alpha value is -1.49. The fourth-order valence-electron chi connectivity index (χ4n) is 2.02. The quantitative estimate of drug-likeness (QED) is 0.840. The summed E-state index contributed by atoms with van der Waals surface area (Å²) in [5.74, 6) is 0. The summed E-state index contributed by atoms with van der Waals surface area (Å²) in [6, 6.07) is 7.69. The number of aliphatic hydroxyl groups excluding tert-OH is 1. The van der Waals surface area contributed by atoms with Crippen LogP contribution >= 0.6 is 27.5 Å². The van der Waals surface area contributed by atoms with E-state index in [9.17, 15) is 18.3 Å². The molecule has 1 aromatic heterocycles. The van der Waals surface area contributed by atoms with E-state index < -0.39 is 23.1 Å². The lowest BCUT2D eigenvalue weighted by molar-refractivity contribution is -0.145. The Morgan fingerprint density at radius 1 is 1.29 bits per heavy atom. The van der Waals surface area contributed by atoms with Gasteiger partial charge in [-0.2, -0.15) is 18.4 Å². The first kappa shape index (κ1) is 15.9. The van der Waals surface area contributed by atoms with E-state index in [0.717, 1.165) is 0 Å². The molecule has 2 aromatic rings. The number of nitriles is 1. The fraction of sp³-hybridized carbons (Fsp3) is 0.154. The lowest BCUT2D eigenvalue weighted by Gasteiger charge is -2.13. The molecule has 21 heavy (non-hydrogen) atoms. The Balaban J connectivity index is 2.83. The van der Waals surface area contributed by atoms with Gasteiger partial charge in [0, 0.05) is 5.02 Å². The van der Waals surface area contributed by atoms with Crippen LogP contribution in [0.4, 0.5) is 13.2 Å². The van der Waals surface area contributed by atoms with Crippen LogP contribution < -0.4 is 0 Å². The maximum atomic E-state index is 13.1. The number of hydrogen-bond donors (Lipinski definition) is 1. The SMILES string of the molecule is N#Cc1c(Br)c(C(F)(F)F)n(CO)c1-c1ccc(Cl)cc1. The van der Waals surface area contributed by atoms with Gasteiger partial charge < -0.3 is 9.67 Å². The first-order valence-electron chi connectivity index (χ1n) is 5.57. The van der Waals surface area contributed by atoms with Crippen LogP contribution in [0.2, 0.25) is 5.02 Å². The second kappa shape index (κ2) is 5.72. The Labute approximate surface area is 131 Å². The van der Waals surface area contributed by atoms with Gasteiger partial charge in [-0.25, -0.2) is 0 Å². The van der Waals surface area contributed by atoms with Gasteiger partial charge in [-0.15, -0.1) is 0 Å². The molecule has 0 radical (unpaired) electrons. The maximum Gasteiger partial charge on any atom is 0.432 e. The number of halogens is 5. The molecule has 0 fully saturated rings. The van der Waals surface area contributed by atoms with Crippen molar-refractivity contribution in [2.75, 3.05) is 0 Å². The van der Waals surface area contributed by atoms with Crippen molar-refractivity contribution in [3.63, 3.8) is 0 Å². The van der Waals surface area contributed by atoms with Crippen LogP contribution in [-0.2, 0) is 12.9 Å². The number of alkyl halides is 3. The number of aliphatic hydroxyl groups is 1. The molecular formula is C13H7BrClF3N2O. The van der Waals surface area contributed by atoms with Crippen LogP contribution in [0.3, 0.4) is 0 Å². The van der Waals surface area contributed by atoms with E-state index in [1.165, 1.54) is 24.3 Å². The average molecular weight is 380 g/mol. The Morgan fingerprint density at radius 3 is 2.29 bits per heavy atom. The van der Waals surface area contributed by atoms with Crippen LogP contribution in [-0.4, -0.2) is 9.67 Å². The molecule has 1 N–H and O–H groups in total. The molecule has 3 nitrogen and oxygen atoms in total. The van der Waals surface area contributed by atoms with Crippen molar-refractivity contribution < 1.29 is 18.3 Å². The molecule has 0 saturated heterocycles. The molecule has 1 aromatic carbocycles. The summed E-state index contributed by atoms with van der Waals surface area (Å²) < 4.78 is 39.6. The predicted molar refractivity (Wildman–Crippen MR) is 74.5 cm³/mol. The highest BCUT2D eigenvalue weighted by molar-refractivity contribution is 9.10. The van der Waals surface area contributed by atoms with Crippen molar-refractivity contribution in [1.82, 2.24) is 4.57 Å². The van der Waals surface area contributed by atoms with Gasteiger partial charge in [-0.1, -0.05) is 23.7 Å². The Bertz CT molecular complexity index is 717. The van der Waals surface area contributed by atoms with Crippen molar-refractivity contribution in [2.45, 2.75) is 12.9 Å². The van der Waals surface area contributed by atoms with Gasteiger partial charge in [0.25, 0.3) is 0 Å². The fourth-order valence-corrected chi connectivity index (χ4v) is 2.86. The van der Waals surface area contributed by atoms with Crippen LogP contribution in [0.5, 0.6) is 0 Å². The van der Waals surface area contributed by atoms with Gasteiger partial charge in [0.2, 0.25) is 0 Å². The zero-order valence-corrected chi connectivity index (χ0v) is 12.6. The third-order valence-corrected chi connectivity index (χ3v) is 3.87. The Morgan fingerprint density at radius 2 is 1.86 bits per heavy atom. The Kier molecular flexibility index (Phi) is 4.33. The van der Waals surface area contributed by atoms with Gasteiger partial charge in [0.15, 0.2) is 0 Å². The van der Waals surface area contributed by atoms with Crippen LogP contribution in [0.15, 0.2) is 28.7 Å². The highest BCUT2D eigenvalue weighted by atomic mass is 79.9. The zero-order chi connectivity index (χ0) is 15.8. The van der Waals surface area contributed by atoms with E-state index in [1.807, 2.05) is 0 Å². The van der Waals surface area contributed by atoms with Crippen molar-refractivity contribution >= 4 is 27.5 Å². The molecule has 0 bridgehead atoms. The van der Waals surface area contributed by atoms with Crippen molar-refractivity contribution in [1.29, 1.82) is 5.26 Å². The lowest BCUT2D eigenvalue weighted by Crippen LogP contribution is -2.15. The van der Waals surface area contributed by atoms with E-state index in [1.54, 1.807) is 6.07 Å². The zero-order valence-electron chi connectivity index (χ0n) is 10.2. The molecule has 0 amide bonds. The summed E-state index contributed by atoms with van der Waals surface area (Å²) in [6.45, 7) is -0.910. The molecular weight excluding hydrogens is 373 g/mol. The monoisotopic (exact) mass is 378 g/mol. The maximum absolute atomic E-state index is 13.1. The topological polar surface area (TPSA) is 49.0 Å². The molecule has 110 valence electrons. The van der Waals surface area contributed by atoms with E-state index >= 15 is 0 Å². The van der Waals surface area contributed by atoms with Gasteiger partial charge in [-0.05, 0) is 33.6 Å². The highest BCUT2D eigenvalue weighted by Gasteiger charge is 2.40. The molecule has 0 atom stereocenters. The minimum Gasteiger partial charge on any atom is -0.376 e. The number of nitrogens with zero attached hydrogens (tertiary/aromatic N) is 2. The number of hydrogen-bond acceptors (Lipinski definition) is 2. The smallest absolute Gasteiger partial charge is 0.376 e. The molecule has 0 aliphatic rings. The van der Waals surface area contributed by atoms with Gasteiger partial charge in [0.05, 0.1) is 15.7 Å². The molecule has 0 spiro atoms. The largest absolute Gasteiger partial charge is 0.432 e. The molecule has 0 unspecified atom stereocenters. The molecule has 0 saturated carbocycles. The minimum atomic E-state index is -4.71. The average Bonchev–Trinajstić information content (AvgIpc) is 2.71. The predicted octanol–water partition coefficient (Wildman–Crippen LogP) is 4.41. The second-order valence-electron chi connectivity index (χ2n) is 4.07. The van der Waals surface area contributed by atoms with Crippen LogP contribution in [0.25, 0.3) is 11.3 Å². The van der Waals surface area contributed by atoms with Crippen LogP contribution in [0.1, 0.15) is 11.3 Å². The van der Waals surface area contributed by atoms with Gasteiger partial charge >= 0.3 is 6.18 Å². The normalized spacial score (nSPS) is 11.5. The van der Waals surface area contributed by atoms with Crippen molar-refractivity contribution in [3.8, 4) is 17.3 Å². The standard InChI is InChI=1S/C13H7BrClF3N2O/c14-10-9(5-19)11(7-1-3-8(15)4-2-7)20(6-21)12(10)13(16,17)18/h1-4,21H,6H2. The minimum absolute atomic E-state index is 0.0177. The summed E-state index contributed by atoms with van der Waals surface area (Å²) in [5, 5.41) is 18.9. The molecule has 2 rings (SSSR count).